The van der Waals surface area contributed by atoms with Gasteiger partial charge in [-0.25, -0.2) is 0 Å². The number of nitrogens with two attached hydrogens (primary N) is 1. The number of para-hydroxylation sites is 1. The Morgan fingerprint density at radius 3 is 2.45 bits per heavy atom. The lowest BCUT2D eigenvalue weighted by atomic mass is 9.56. The molecule has 29 heavy (non-hydrogen) atoms. The van der Waals surface area contributed by atoms with Crippen LogP contribution in [-0.2, 0) is 9.47 Å². The number of nitrogen functional groups attached to an aromatic ring is 1. The van der Waals surface area contributed by atoms with Crippen LogP contribution in [0.4, 0.5) is 5.82 Å². The van der Waals surface area contributed by atoms with E-state index in [0.29, 0.717) is 34.0 Å². The van der Waals surface area contributed by atoms with Gasteiger partial charge in [-0.2, -0.15) is 0 Å². The molecule has 2 aromatic rings. The summed E-state index contributed by atoms with van der Waals surface area (Å²) in [5, 5.41) is 18.2. The third kappa shape index (κ3) is 3.81. The van der Waals surface area contributed by atoms with Crippen molar-refractivity contribution in [2.24, 2.45) is 11.3 Å². The molecule has 1 aromatic carbocycles. The Labute approximate surface area is 171 Å². The molecule has 2 saturated carbocycles. The molecule has 1 heterocycles. The molecule has 4 rings (SSSR count). The summed E-state index contributed by atoms with van der Waals surface area (Å²) < 4.78 is 11.1. The molecular formula is C23H27N3O3. The molecule has 0 atom stereocenters. The van der Waals surface area contributed by atoms with Crippen molar-refractivity contribution in [2.45, 2.75) is 44.3 Å². The summed E-state index contributed by atoms with van der Waals surface area (Å²) in [6, 6.07) is 8.83. The van der Waals surface area contributed by atoms with E-state index in [9.17, 15) is 5.11 Å². The normalized spacial score (nSPS) is 19.9. The number of aromatic hydroxyl groups is 1. The van der Waals surface area contributed by atoms with Crippen molar-refractivity contribution in [2.75, 3.05) is 20.0 Å². The van der Waals surface area contributed by atoms with Crippen molar-refractivity contribution in [1.82, 2.24) is 10.2 Å². The van der Waals surface area contributed by atoms with E-state index in [-0.39, 0.29) is 11.5 Å². The minimum absolute atomic E-state index is 0.159. The molecule has 0 aliphatic heterocycles. The first-order chi connectivity index (χ1) is 14.0. The highest BCUT2D eigenvalue weighted by Crippen LogP contribution is 2.58. The second-order valence-electron chi connectivity index (χ2n) is 8.26. The summed E-state index contributed by atoms with van der Waals surface area (Å²) in [5.74, 6) is 7.03. The zero-order valence-electron chi connectivity index (χ0n) is 16.9. The molecular weight excluding hydrogens is 366 g/mol. The topological polar surface area (TPSA) is 90.5 Å². The fraction of sp³-hybridized carbons (Fsp3) is 0.478. The molecule has 2 fully saturated rings. The van der Waals surface area contributed by atoms with Gasteiger partial charge in [-0.05, 0) is 49.3 Å². The zero-order chi connectivity index (χ0) is 20.5. The highest BCUT2D eigenvalue weighted by atomic mass is 16.7. The lowest BCUT2D eigenvalue weighted by Crippen LogP contribution is -2.55. The molecule has 1 aromatic heterocycles. The van der Waals surface area contributed by atoms with Crippen LogP contribution in [-0.4, -0.2) is 35.3 Å². The standard InChI is InChI=1S/C23H27N3O3/c1-28-23(29-2)14-22(15-23)11-9-16(10-12-22)7-8-17-13-19(25-26-21(17)24)18-5-3-4-6-20(18)27/h3-6,13,16,27H,9-12,14-15H2,1-2H3,(H2,24,26). The zero-order valence-corrected chi connectivity index (χ0v) is 16.9. The van der Waals surface area contributed by atoms with Crippen LogP contribution in [0.5, 0.6) is 5.75 Å². The van der Waals surface area contributed by atoms with E-state index in [1.54, 1.807) is 38.5 Å². The Kier molecular flexibility index (Phi) is 5.20. The predicted molar refractivity (Wildman–Crippen MR) is 111 cm³/mol. The van der Waals surface area contributed by atoms with Gasteiger partial charge >= 0.3 is 0 Å². The second kappa shape index (κ2) is 7.66. The van der Waals surface area contributed by atoms with Crippen LogP contribution in [0.3, 0.4) is 0 Å². The molecule has 6 nitrogen and oxygen atoms in total. The smallest absolute Gasteiger partial charge is 0.168 e. The van der Waals surface area contributed by atoms with Crippen LogP contribution in [0, 0.1) is 23.2 Å². The maximum atomic E-state index is 10.1. The van der Waals surface area contributed by atoms with Crippen LogP contribution in [0.25, 0.3) is 11.3 Å². The number of phenols is 1. The first kappa shape index (κ1) is 19.7. The van der Waals surface area contributed by atoms with Crippen molar-refractivity contribution in [3.63, 3.8) is 0 Å². The van der Waals surface area contributed by atoms with Crippen LogP contribution in [0.2, 0.25) is 0 Å². The average Bonchev–Trinajstić information content (AvgIpc) is 2.72. The number of methoxy groups -OCH3 is 2. The highest BCUT2D eigenvalue weighted by molar-refractivity contribution is 5.69. The number of nitrogens with zero attached hydrogens (tertiary/aromatic N) is 2. The summed E-state index contributed by atoms with van der Waals surface area (Å²) >= 11 is 0. The number of rotatable bonds is 3. The number of anilines is 1. The van der Waals surface area contributed by atoms with Gasteiger partial charge in [0.15, 0.2) is 11.6 Å². The first-order valence-electron chi connectivity index (χ1n) is 10.0. The van der Waals surface area contributed by atoms with Gasteiger partial charge in [0.25, 0.3) is 0 Å². The Morgan fingerprint density at radius 1 is 1.10 bits per heavy atom. The monoisotopic (exact) mass is 393 g/mol. The Morgan fingerprint density at radius 2 is 1.79 bits per heavy atom. The van der Waals surface area contributed by atoms with Crippen molar-refractivity contribution < 1.29 is 14.6 Å². The number of benzene rings is 1. The van der Waals surface area contributed by atoms with Crippen molar-refractivity contribution >= 4 is 5.82 Å². The number of ether oxygens (including phenoxy) is 2. The molecule has 3 N–H and O–H groups in total. The molecule has 0 unspecified atom stereocenters. The van der Waals surface area contributed by atoms with E-state index in [2.05, 4.69) is 22.0 Å². The molecule has 0 bridgehead atoms. The molecule has 1 spiro atoms. The van der Waals surface area contributed by atoms with Gasteiger partial charge in [0, 0.05) is 38.5 Å². The van der Waals surface area contributed by atoms with Gasteiger partial charge < -0.3 is 20.3 Å². The maximum absolute atomic E-state index is 10.1. The van der Waals surface area contributed by atoms with E-state index >= 15 is 0 Å². The van der Waals surface area contributed by atoms with Crippen molar-refractivity contribution in [3.8, 4) is 28.8 Å². The fourth-order valence-corrected chi connectivity index (χ4v) is 4.69. The van der Waals surface area contributed by atoms with E-state index < -0.39 is 0 Å². The predicted octanol–water partition coefficient (Wildman–Crippen LogP) is 3.74. The molecule has 2 aliphatic carbocycles. The fourth-order valence-electron chi connectivity index (χ4n) is 4.69. The van der Waals surface area contributed by atoms with E-state index in [1.165, 1.54) is 0 Å². The maximum Gasteiger partial charge on any atom is 0.168 e. The molecule has 0 radical (unpaired) electrons. The van der Waals surface area contributed by atoms with Gasteiger partial charge in [-0.15, -0.1) is 10.2 Å². The first-order valence-corrected chi connectivity index (χ1v) is 10.0. The van der Waals surface area contributed by atoms with Gasteiger partial charge in [0.05, 0.1) is 11.3 Å². The molecule has 6 heteroatoms. The number of hydrogen-bond donors (Lipinski definition) is 2. The second-order valence-corrected chi connectivity index (χ2v) is 8.26. The summed E-state index contributed by atoms with van der Waals surface area (Å²) in [6.45, 7) is 0. The minimum Gasteiger partial charge on any atom is -0.507 e. The van der Waals surface area contributed by atoms with E-state index in [4.69, 9.17) is 15.2 Å². The van der Waals surface area contributed by atoms with Crippen molar-refractivity contribution in [1.29, 1.82) is 0 Å². The van der Waals surface area contributed by atoms with Gasteiger partial charge in [-0.3, -0.25) is 0 Å². The Hall–Kier alpha value is -2.62. The largest absolute Gasteiger partial charge is 0.507 e. The molecule has 2 aliphatic rings. The summed E-state index contributed by atoms with van der Waals surface area (Å²) in [4.78, 5) is 0. The van der Waals surface area contributed by atoms with E-state index in [1.807, 2.05) is 6.07 Å². The van der Waals surface area contributed by atoms with Crippen molar-refractivity contribution in [3.05, 3.63) is 35.9 Å². The molecule has 0 saturated heterocycles. The van der Waals surface area contributed by atoms with Gasteiger partial charge in [0.2, 0.25) is 0 Å². The van der Waals surface area contributed by atoms with Crippen LogP contribution in [0.1, 0.15) is 44.1 Å². The third-order valence-electron chi connectivity index (χ3n) is 6.49. The lowest BCUT2D eigenvalue weighted by Gasteiger charge is -2.56. The average molecular weight is 393 g/mol. The number of aromatic nitrogens is 2. The van der Waals surface area contributed by atoms with Gasteiger partial charge in [0.1, 0.15) is 5.75 Å². The highest BCUT2D eigenvalue weighted by Gasteiger charge is 2.56. The summed E-state index contributed by atoms with van der Waals surface area (Å²) in [6.07, 6.45) is 6.38. The SMILES string of the molecule is COC1(OC)CC2(CCC(C#Cc3cc(-c4ccccc4O)nnc3N)CC2)C1. The van der Waals surface area contributed by atoms with Crippen LogP contribution < -0.4 is 5.73 Å². The number of hydrogen-bond acceptors (Lipinski definition) is 6. The summed E-state index contributed by atoms with van der Waals surface area (Å²) in [7, 11) is 3.45. The Balaban J connectivity index is 1.44. The molecule has 152 valence electrons. The molecule has 0 amide bonds. The quantitative estimate of drug-likeness (QED) is 0.610. The lowest BCUT2D eigenvalue weighted by molar-refractivity contribution is -0.302. The van der Waals surface area contributed by atoms with Crippen LogP contribution >= 0.6 is 0 Å². The Bertz CT molecular complexity index is 941. The number of phenolic OH excluding ortho intramolecular Hbond substituents is 1. The summed E-state index contributed by atoms with van der Waals surface area (Å²) in [5.41, 5.74) is 8.17. The van der Waals surface area contributed by atoms with Gasteiger partial charge in [-0.1, -0.05) is 24.0 Å². The minimum atomic E-state index is -0.380. The third-order valence-corrected chi connectivity index (χ3v) is 6.49. The van der Waals surface area contributed by atoms with Crippen LogP contribution in [0.15, 0.2) is 30.3 Å². The van der Waals surface area contributed by atoms with E-state index in [0.717, 1.165) is 38.5 Å².